The molecule has 0 aromatic heterocycles. The number of nitrogens with one attached hydrogen (secondary N) is 1. The van der Waals surface area contributed by atoms with Crippen LogP contribution in [0.2, 0.25) is 0 Å². The van der Waals surface area contributed by atoms with Crippen LogP contribution >= 0.6 is 0 Å². The third-order valence-corrected chi connectivity index (χ3v) is 5.38. The van der Waals surface area contributed by atoms with E-state index in [9.17, 15) is 0 Å². The van der Waals surface area contributed by atoms with Gasteiger partial charge in [0.1, 0.15) is 0 Å². The molecule has 3 heterocycles. The van der Waals surface area contributed by atoms with Crippen molar-refractivity contribution < 1.29 is 0 Å². The molecule has 2 saturated heterocycles. The Kier molecular flexibility index (Phi) is 3.51. The van der Waals surface area contributed by atoms with Crippen LogP contribution in [0.4, 0.5) is 0 Å². The molecule has 2 unspecified atom stereocenters. The lowest BCUT2D eigenvalue weighted by molar-refractivity contribution is 0.0686. The first-order chi connectivity index (χ1) is 9.92. The van der Waals surface area contributed by atoms with E-state index in [2.05, 4.69) is 39.4 Å². The molecular weight excluding hydrogens is 246 g/mol. The lowest BCUT2D eigenvalue weighted by atomic mass is 9.96. The quantitative estimate of drug-likeness (QED) is 0.843. The summed E-state index contributed by atoms with van der Waals surface area (Å²) < 4.78 is 0. The summed E-state index contributed by atoms with van der Waals surface area (Å²) in [5.41, 5.74) is 3.08. The Labute approximate surface area is 121 Å². The number of hydrogen-bond donors (Lipinski definition) is 1. The van der Waals surface area contributed by atoms with Gasteiger partial charge in [0.2, 0.25) is 0 Å². The van der Waals surface area contributed by atoms with Gasteiger partial charge in [-0.1, -0.05) is 24.3 Å². The van der Waals surface area contributed by atoms with Crippen LogP contribution in [-0.2, 0) is 6.54 Å². The maximum Gasteiger partial charge on any atom is 0.0364 e. The minimum absolute atomic E-state index is 0.629. The van der Waals surface area contributed by atoms with Gasteiger partial charge in [-0.2, -0.15) is 0 Å². The fourth-order valence-electron chi connectivity index (χ4n) is 4.32. The van der Waals surface area contributed by atoms with E-state index in [1.54, 1.807) is 5.56 Å². The molecule has 0 amide bonds. The zero-order valence-electron chi connectivity index (χ0n) is 12.2. The van der Waals surface area contributed by atoms with Crippen molar-refractivity contribution in [3.8, 4) is 0 Å². The highest BCUT2D eigenvalue weighted by Crippen LogP contribution is 2.32. The lowest BCUT2D eigenvalue weighted by Crippen LogP contribution is -2.51. The van der Waals surface area contributed by atoms with E-state index in [1.165, 1.54) is 51.0 Å². The molecule has 3 aliphatic heterocycles. The zero-order chi connectivity index (χ0) is 13.4. The third-order valence-electron chi connectivity index (χ3n) is 5.38. The molecule has 0 spiro atoms. The van der Waals surface area contributed by atoms with Gasteiger partial charge in [0, 0.05) is 38.3 Å². The molecule has 2 fully saturated rings. The van der Waals surface area contributed by atoms with Gasteiger partial charge in [0.05, 0.1) is 0 Å². The van der Waals surface area contributed by atoms with Crippen LogP contribution in [0, 0.1) is 0 Å². The van der Waals surface area contributed by atoms with Crippen LogP contribution in [0.25, 0.3) is 0 Å². The van der Waals surface area contributed by atoms with Crippen molar-refractivity contribution in [3.05, 3.63) is 35.4 Å². The molecule has 0 aliphatic carbocycles. The van der Waals surface area contributed by atoms with Crippen LogP contribution < -0.4 is 5.32 Å². The smallest absolute Gasteiger partial charge is 0.0364 e. The molecule has 0 saturated carbocycles. The second-order valence-corrected chi connectivity index (χ2v) is 6.51. The van der Waals surface area contributed by atoms with Gasteiger partial charge in [-0.15, -0.1) is 0 Å². The van der Waals surface area contributed by atoms with Crippen molar-refractivity contribution in [2.75, 3.05) is 32.7 Å². The monoisotopic (exact) mass is 271 g/mol. The summed E-state index contributed by atoms with van der Waals surface area (Å²) in [6.07, 6.45) is 4.06. The summed E-state index contributed by atoms with van der Waals surface area (Å²) in [6.45, 7) is 7.31. The highest BCUT2D eigenvalue weighted by atomic mass is 15.3. The van der Waals surface area contributed by atoms with E-state index in [-0.39, 0.29) is 0 Å². The summed E-state index contributed by atoms with van der Waals surface area (Å²) in [7, 11) is 0. The minimum atomic E-state index is 0.629. The number of hydrogen-bond acceptors (Lipinski definition) is 3. The zero-order valence-corrected chi connectivity index (χ0v) is 12.2. The van der Waals surface area contributed by atoms with Crippen LogP contribution in [0.3, 0.4) is 0 Å². The predicted octanol–water partition coefficient (Wildman–Crippen LogP) is 2.00. The molecule has 2 atom stereocenters. The molecule has 3 heteroatoms. The largest absolute Gasteiger partial charge is 0.313 e. The normalized spacial score (nSPS) is 31.6. The topological polar surface area (TPSA) is 18.5 Å². The Morgan fingerprint density at radius 3 is 2.90 bits per heavy atom. The fourth-order valence-corrected chi connectivity index (χ4v) is 4.32. The van der Waals surface area contributed by atoms with E-state index < -0.39 is 0 Å². The number of benzene rings is 1. The van der Waals surface area contributed by atoms with E-state index in [4.69, 9.17) is 0 Å². The highest BCUT2D eigenvalue weighted by molar-refractivity contribution is 5.31. The van der Waals surface area contributed by atoms with Gasteiger partial charge < -0.3 is 5.32 Å². The summed E-state index contributed by atoms with van der Waals surface area (Å²) >= 11 is 0. The SMILES string of the molecule is c1ccc2c(c1)CNCCC2N1CCN2CCCC2C1. The Hall–Kier alpha value is -0.900. The lowest BCUT2D eigenvalue weighted by Gasteiger charge is -2.42. The third kappa shape index (κ3) is 2.28. The molecule has 3 nitrogen and oxygen atoms in total. The second kappa shape index (κ2) is 5.47. The van der Waals surface area contributed by atoms with E-state index in [0.29, 0.717) is 6.04 Å². The Morgan fingerprint density at radius 2 is 1.90 bits per heavy atom. The van der Waals surface area contributed by atoms with E-state index in [0.717, 1.165) is 19.1 Å². The van der Waals surface area contributed by atoms with Crippen LogP contribution in [0.15, 0.2) is 24.3 Å². The summed E-state index contributed by atoms with van der Waals surface area (Å²) in [5, 5.41) is 3.58. The van der Waals surface area contributed by atoms with Gasteiger partial charge in [-0.25, -0.2) is 0 Å². The van der Waals surface area contributed by atoms with Gasteiger partial charge in [-0.05, 0) is 43.5 Å². The van der Waals surface area contributed by atoms with Gasteiger partial charge in [0.15, 0.2) is 0 Å². The maximum absolute atomic E-state index is 3.58. The summed E-state index contributed by atoms with van der Waals surface area (Å²) in [5.74, 6) is 0. The molecule has 0 radical (unpaired) electrons. The maximum atomic E-state index is 3.58. The molecular formula is C17H25N3. The van der Waals surface area contributed by atoms with E-state index in [1.807, 2.05) is 0 Å². The molecule has 3 aliphatic rings. The molecule has 1 aromatic carbocycles. The van der Waals surface area contributed by atoms with Crippen molar-refractivity contribution in [3.63, 3.8) is 0 Å². The van der Waals surface area contributed by atoms with Crippen molar-refractivity contribution in [2.24, 2.45) is 0 Å². The van der Waals surface area contributed by atoms with Crippen LogP contribution in [-0.4, -0.2) is 48.6 Å². The molecule has 1 N–H and O–H groups in total. The van der Waals surface area contributed by atoms with Crippen molar-refractivity contribution in [1.82, 2.24) is 15.1 Å². The van der Waals surface area contributed by atoms with Gasteiger partial charge in [0.25, 0.3) is 0 Å². The predicted molar refractivity (Wildman–Crippen MR) is 81.7 cm³/mol. The molecule has 0 bridgehead atoms. The number of fused-ring (bicyclic) bond motifs is 2. The molecule has 4 rings (SSSR count). The Balaban J connectivity index is 1.58. The van der Waals surface area contributed by atoms with E-state index >= 15 is 0 Å². The van der Waals surface area contributed by atoms with Crippen molar-refractivity contribution >= 4 is 0 Å². The first kappa shape index (κ1) is 12.8. The molecule has 1 aromatic rings. The average Bonchev–Trinajstić information content (AvgIpc) is 2.85. The standard InChI is InChI=1S/C17H25N3/c1-2-6-16-14(4-1)12-18-8-7-17(16)20-11-10-19-9-3-5-15(19)13-20/h1-2,4,6,15,17-18H,3,5,7-13H2. The summed E-state index contributed by atoms with van der Waals surface area (Å²) in [4.78, 5) is 5.47. The highest BCUT2D eigenvalue weighted by Gasteiger charge is 2.34. The van der Waals surface area contributed by atoms with Crippen LogP contribution in [0.1, 0.15) is 36.4 Å². The molecule has 20 heavy (non-hydrogen) atoms. The number of rotatable bonds is 1. The first-order valence-corrected chi connectivity index (χ1v) is 8.18. The first-order valence-electron chi connectivity index (χ1n) is 8.18. The number of piperazine rings is 1. The minimum Gasteiger partial charge on any atom is -0.313 e. The Bertz CT molecular complexity index is 473. The van der Waals surface area contributed by atoms with Crippen molar-refractivity contribution in [1.29, 1.82) is 0 Å². The fraction of sp³-hybridized carbons (Fsp3) is 0.647. The average molecular weight is 271 g/mol. The van der Waals surface area contributed by atoms with Gasteiger partial charge >= 0.3 is 0 Å². The summed E-state index contributed by atoms with van der Waals surface area (Å²) in [6, 6.07) is 10.5. The van der Waals surface area contributed by atoms with Gasteiger partial charge in [-0.3, -0.25) is 9.80 Å². The Morgan fingerprint density at radius 1 is 1.00 bits per heavy atom. The van der Waals surface area contributed by atoms with Crippen molar-refractivity contribution in [2.45, 2.75) is 37.9 Å². The van der Waals surface area contributed by atoms with Crippen LogP contribution in [0.5, 0.6) is 0 Å². The number of nitrogens with zero attached hydrogens (tertiary/aromatic N) is 2. The second-order valence-electron chi connectivity index (χ2n) is 6.51. The molecule has 108 valence electrons.